The third-order valence-electron chi connectivity index (χ3n) is 6.59. The van der Waals surface area contributed by atoms with Gasteiger partial charge in [0.05, 0.1) is 0 Å². The van der Waals surface area contributed by atoms with Crippen molar-refractivity contribution < 1.29 is 30.7 Å². The molecular formula is C28H23F7. The summed E-state index contributed by atoms with van der Waals surface area (Å²) in [5.74, 6) is -2.87. The minimum atomic E-state index is -4.73. The van der Waals surface area contributed by atoms with Gasteiger partial charge in [-0.1, -0.05) is 44.0 Å². The maximum absolute atomic E-state index is 14.9. The highest BCUT2D eigenvalue weighted by atomic mass is 19.4. The molecule has 35 heavy (non-hydrogen) atoms. The Morgan fingerprint density at radius 1 is 0.686 bits per heavy atom. The molecule has 0 atom stereocenters. The Labute approximate surface area is 199 Å². The van der Waals surface area contributed by atoms with E-state index in [4.69, 9.17) is 0 Å². The Morgan fingerprint density at radius 2 is 1.23 bits per heavy atom. The van der Waals surface area contributed by atoms with Crippen molar-refractivity contribution in [3.05, 3.63) is 89.0 Å². The first-order valence-corrected chi connectivity index (χ1v) is 11.4. The summed E-state index contributed by atoms with van der Waals surface area (Å²) < 4.78 is 95.4. The molecule has 0 nitrogen and oxygen atoms in total. The molecule has 0 radical (unpaired) electrons. The summed E-state index contributed by atoms with van der Waals surface area (Å²) in [5, 5.41) is 0. The molecule has 0 saturated heterocycles. The maximum atomic E-state index is 14.9. The predicted molar refractivity (Wildman–Crippen MR) is 123 cm³/mol. The summed E-state index contributed by atoms with van der Waals surface area (Å²) in [5.41, 5.74) is 0.159. The van der Waals surface area contributed by atoms with E-state index < -0.39 is 35.0 Å². The molecular weight excluding hydrogens is 469 g/mol. The lowest BCUT2D eigenvalue weighted by Gasteiger charge is -2.26. The lowest BCUT2D eigenvalue weighted by atomic mass is 9.79. The van der Waals surface area contributed by atoms with E-state index in [2.05, 4.69) is 6.92 Å². The minimum Gasteiger partial charge on any atom is -0.206 e. The van der Waals surface area contributed by atoms with Crippen molar-refractivity contribution in [3.63, 3.8) is 0 Å². The second-order valence-electron chi connectivity index (χ2n) is 9.12. The molecule has 0 N–H and O–H groups in total. The van der Waals surface area contributed by atoms with Crippen molar-refractivity contribution >= 4 is 6.08 Å². The quantitative estimate of drug-likeness (QED) is 0.318. The average Bonchev–Trinajstić information content (AvgIpc) is 2.78. The summed E-state index contributed by atoms with van der Waals surface area (Å²) in [7, 11) is 0. The SMILES string of the molecule is CC1CCC(c2ccc(-c3ccc(-c4cc(F)c(/C=C/C(F)(F)F)c(F)c4)c(F)c3)c(F)c2)CC1. The zero-order valence-corrected chi connectivity index (χ0v) is 18.9. The molecule has 3 aromatic carbocycles. The lowest BCUT2D eigenvalue weighted by molar-refractivity contribution is -0.0790. The topological polar surface area (TPSA) is 0 Å². The summed E-state index contributed by atoms with van der Waals surface area (Å²) >= 11 is 0. The van der Waals surface area contributed by atoms with Crippen LogP contribution < -0.4 is 0 Å². The zero-order chi connectivity index (χ0) is 25.3. The van der Waals surface area contributed by atoms with Gasteiger partial charge in [0.1, 0.15) is 23.3 Å². The normalized spacial score (nSPS) is 18.9. The molecule has 1 aliphatic rings. The van der Waals surface area contributed by atoms with Crippen molar-refractivity contribution in [2.24, 2.45) is 5.92 Å². The second-order valence-corrected chi connectivity index (χ2v) is 9.12. The first-order chi connectivity index (χ1) is 16.5. The van der Waals surface area contributed by atoms with E-state index in [0.717, 1.165) is 49.4 Å². The van der Waals surface area contributed by atoms with Gasteiger partial charge in [0.15, 0.2) is 0 Å². The average molecular weight is 492 g/mol. The van der Waals surface area contributed by atoms with Crippen molar-refractivity contribution in [2.45, 2.75) is 44.7 Å². The molecule has 0 spiro atoms. The van der Waals surface area contributed by atoms with E-state index in [0.29, 0.717) is 11.8 Å². The molecule has 1 aliphatic carbocycles. The fourth-order valence-corrected chi connectivity index (χ4v) is 4.61. The molecule has 4 rings (SSSR count). The van der Waals surface area contributed by atoms with Crippen LogP contribution in [-0.2, 0) is 0 Å². The smallest absolute Gasteiger partial charge is 0.206 e. The van der Waals surface area contributed by atoms with E-state index in [9.17, 15) is 30.7 Å². The van der Waals surface area contributed by atoms with Gasteiger partial charge in [-0.2, -0.15) is 13.2 Å². The Hall–Kier alpha value is -3.09. The highest BCUT2D eigenvalue weighted by Gasteiger charge is 2.24. The standard InChI is InChI=1S/C28H23F7/c1-16-2-4-17(5-3-16)18-6-8-21(24(29)12-18)19-7-9-22(25(30)13-19)20-14-26(31)23(27(32)15-20)10-11-28(33,34)35/h6-17H,2-5H2,1H3/b11-10+. The molecule has 0 amide bonds. The minimum absolute atomic E-state index is 0.161. The van der Waals surface area contributed by atoms with Gasteiger partial charge in [0.2, 0.25) is 0 Å². The van der Waals surface area contributed by atoms with Gasteiger partial charge >= 0.3 is 6.18 Å². The van der Waals surface area contributed by atoms with E-state index in [1.807, 2.05) is 6.07 Å². The molecule has 0 bridgehead atoms. The van der Waals surface area contributed by atoms with Crippen LogP contribution >= 0.6 is 0 Å². The molecule has 0 unspecified atom stereocenters. The van der Waals surface area contributed by atoms with Crippen LogP contribution in [0.4, 0.5) is 30.7 Å². The number of benzene rings is 3. The highest BCUT2D eigenvalue weighted by Crippen LogP contribution is 2.37. The van der Waals surface area contributed by atoms with Gasteiger partial charge in [-0.05, 0) is 71.7 Å². The zero-order valence-electron chi connectivity index (χ0n) is 18.9. The first kappa shape index (κ1) is 25.0. The molecule has 1 saturated carbocycles. The van der Waals surface area contributed by atoms with Crippen LogP contribution in [0.2, 0.25) is 0 Å². The number of hydrogen-bond donors (Lipinski definition) is 0. The third kappa shape index (κ3) is 5.77. The number of halogens is 7. The van der Waals surface area contributed by atoms with Crippen LogP contribution in [-0.4, -0.2) is 6.18 Å². The van der Waals surface area contributed by atoms with Crippen LogP contribution in [0.5, 0.6) is 0 Å². The van der Waals surface area contributed by atoms with Gasteiger partial charge in [0, 0.05) is 22.8 Å². The third-order valence-corrected chi connectivity index (χ3v) is 6.59. The van der Waals surface area contributed by atoms with Gasteiger partial charge in [-0.25, -0.2) is 17.6 Å². The summed E-state index contributed by atoms with van der Waals surface area (Å²) in [4.78, 5) is 0. The van der Waals surface area contributed by atoms with Crippen LogP contribution in [0.15, 0.2) is 54.6 Å². The van der Waals surface area contributed by atoms with Gasteiger partial charge in [-0.15, -0.1) is 0 Å². The fraction of sp³-hybridized carbons (Fsp3) is 0.286. The number of alkyl halides is 3. The first-order valence-electron chi connectivity index (χ1n) is 11.4. The largest absolute Gasteiger partial charge is 0.409 e. The summed E-state index contributed by atoms with van der Waals surface area (Å²) in [6, 6.07) is 10.2. The lowest BCUT2D eigenvalue weighted by Crippen LogP contribution is -2.11. The Balaban J connectivity index is 1.60. The molecule has 184 valence electrons. The van der Waals surface area contributed by atoms with Crippen molar-refractivity contribution in [2.75, 3.05) is 0 Å². The van der Waals surface area contributed by atoms with Gasteiger partial charge < -0.3 is 0 Å². The molecule has 0 aliphatic heterocycles. The molecule has 1 fully saturated rings. The Morgan fingerprint density at radius 3 is 1.80 bits per heavy atom. The van der Waals surface area contributed by atoms with Gasteiger partial charge in [-0.3, -0.25) is 0 Å². The van der Waals surface area contributed by atoms with E-state index in [1.54, 1.807) is 6.07 Å². The van der Waals surface area contributed by atoms with Crippen LogP contribution in [0, 0.1) is 29.2 Å². The Bertz CT molecular complexity index is 1230. The molecule has 0 heterocycles. The van der Waals surface area contributed by atoms with Crippen molar-refractivity contribution in [1.29, 1.82) is 0 Å². The predicted octanol–water partition coefficient (Wildman–Crippen LogP) is 9.45. The summed E-state index contributed by atoms with van der Waals surface area (Å²) in [6.45, 7) is 2.21. The Kier molecular flexibility index (Phi) is 7.06. The van der Waals surface area contributed by atoms with Crippen LogP contribution in [0.25, 0.3) is 28.3 Å². The number of hydrogen-bond acceptors (Lipinski definition) is 0. The monoisotopic (exact) mass is 492 g/mol. The number of rotatable bonds is 4. The molecule has 0 aromatic heterocycles. The van der Waals surface area contributed by atoms with Crippen LogP contribution in [0.1, 0.15) is 49.7 Å². The van der Waals surface area contributed by atoms with Gasteiger partial charge in [0.25, 0.3) is 0 Å². The second kappa shape index (κ2) is 9.88. The van der Waals surface area contributed by atoms with Crippen LogP contribution in [0.3, 0.4) is 0 Å². The maximum Gasteiger partial charge on any atom is 0.409 e. The summed E-state index contributed by atoms with van der Waals surface area (Å²) in [6.07, 6.45) is -0.528. The fourth-order valence-electron chi connectivity index (χ4n) is 4.61. The molecule has 7 heteroatoms. The van der Waals surface area contributed by atoms with Crippen molar-refractivity contribution in [3.8, 4) is 22.3 Å². The van der Waals surface area contributed by atoms with E-state index >= 15 is 0 Å². The van der Waals surface area contributed by atoms with E-state index in [1.165, 1.54) is 18.2 Å². The molecule has 3 aromatic rings. The highest BCUT2D eigenvalue weighted by molar-refractivity contribution is 5.72. The number of allylic oxidation sites excluding steroid dienone is 1. The van der Waals surface area contributed by atoms with E-state index in [-0.39, 0.29) is 34.4 Å². The van der Waals surface area contributed by atoms with Crippen molar-refractivity contribution in [1.82, 2.24) is 0 Å².